The van der Waals surface area contributed by atoms with Crippen LogP contribution in [0.2, 0.25) is 0 Å². The number of carbonyl (C=O) groups excluding carboxylic acids is 1. The molecule has 25 heavy (non-hydrogen) atoms. The third-order valence-electron chi connectivity index (χ3n) is 6.81. The maximum Gasteiger partial charge on any atom is 0.226 e. The number of amides is 1. The van der Waals surface area contributed by atoms with Gasteiger partial charge in [0.1, 0.15) is 0 Å². The molecule has 4 saturated carbocycles. The summed E-state index contributed by atoms with van der Waals surface area (Å²) in [5.41, 5.74) is -0.111. The van der Waals surface area contributed by atoms with Crippen LogP contribution < -0.4 is 5.32 Å². The Morgan fingerprint density at radius 1 is 1.28 bits per heavy atom. The predicted molar refractivity (Wildman–Crippen MR) is 103 cm³/mol. The second kappa shape index (κ2) is 6.79. The molecule has 3 unspecified atom stereocenters. The molecule has 0 aromatic heterocycles. The van der Waals surface area contributed by atoms with Crippen LogP contribution in [-0.2, 0) is 9.53 Å². The summed E-state index contributed by atoms with van der Waals surface area (Å²) in [6, 6.07) is 0. The van der Waals surface area contributed by atoms with Crippen molar-refractivity contribution in [3.8, 4) is 0 Å². The Bertz CT molecular complexity index is 510. The fourth-order valence-electron chi connectivity index (χ4n) is 6.40. The van der Waals surface area contributed by atoms with Gasteiger partial charge in [0.25, 0.3) is 0 Å². The summed E-state index contributed by atoms with van der Waals surface area (Å²) >= 11 is 4.01. The minimum Gasteiger partial charge on any atom is -0.374 e. The van der Waals surface area contributed by atoms with Gasteiger partial charge in [0, 0.05) is 30.5 Å². The topological polar surface area (TPSA) is 41.6 Å². The van der Waals surface area contributed by atoms with Gasteiger partial charge in [-0.3, -0.25) is 9.69 Å². The highest BCUT2D eigenvalue weighted by atomic mass is 79.9. The minimum atomic E-state index is -0.111. The molecule has 4 aliphatic carbocycles. The molecule has 0 aromatic carbocycles. The number of nitrogens with zero attached hydrogens (tertiary/aromatic N) is 1. The van der Waals surface area contributed by atoms with Gasteiger partial charge in [-0.1, -0.05) is 29.8 Å². The maximum absolute atomic E-state index is 13.1. The largest absolute Gasteiger partial charge is 0.374 e. The van der Waals surface area contributed by atoms with Crippen LogP contribution in [0.5, 0.6) is 0 Å². The quantitative estimate of drug-likeness (QED) is 0.704. The van der Waals surface area contributed by atoms with E-state index in [2.05, 4.69) is 40.0 Å². The molecule has 4 nitrogen and oxygen atoms in total. The summed E-state index contributed by atoms with van der Waals surface area (Å²) in [7, 11) is 0. The van der Waals surface area contributed by atoms with Crippen molar-refractivity contribution < 1.29 is 9.53 Å². The van der Waals surface area contributed by atoms with E-state index in [9.17, 15) is 4.79 Å². The van der Waals surface area contributed by atoms with Crippen molar-refractivity contribution in [3.63, 3.8) is 0 Å². The van der Waals surface area contributed by atoms with Gasteiger partial charge in [-0.15, -0.1) is 0 Å². The molecule has 5 aliphatic rings. The first-order valence-electron chi connectivity index (χ1n) is 10.2. The number of carbonyl (C=O) groups is 1. The van der Waals surface area contributed by atoms with Crippen LogP contribution in [-0.4, -0.2) is 54.0 Å². The molecule has 142 valence electrons. The SMILES string of the molecule is CC(C)CN1CCOC(CNC(=O)C23CC4CC(CC(Br)(C4)C2)C3)C1. The van der Waals surface area contributed by atoms with Crippen LogP contribution in [0.3, 0.4) is 0 Å². The average molecular weight is 413 g/mol. The lowest BCUT2D eigenvalue weighted by Crippen LogP contribution is -2.59. The standard InChI is InChI=1S/C20H33BrN2O2/c1-14(2)11-23-3-4-25-17(12-23)10-22-18(24)19-6-15-5-16(7-19)9-20(21,8-15)13-19/h14-17H,3-13H2,1-2H3,(H,22,24). The van der Waals surface area contributed by atoms with Gasteiger partial charge >= 0.3 is 0 Å². The highest BCUT2D eigenvalue weighted by molar-refractivity contribution is 9.10. The summed E-state index contributed by atoms with van der Waals surface area (Å²) in [4.78, 5) is 15.6. The van der Waals surface area contributed by atoms with Gasteiger partial charge in [0.05, 0.1) is 18.1 Å². The predicted octanol–water partition coefficient (Wildman–Crippen LogP) is 3.19. The Labute approximate surface area is 160 Å². The molecule has 1 amide bonds. The number of nitrogens with one attached hydrogen (secondary N) is 1. The van der Waals surface area contributed by atoms with Gasteiger partial charge in [-0.2, -0.15) is 0 Å². The number of ether oxygens (including phenoxy) is 1. The van der Waals surface area contributed by atoms with E-state index in [4.69, 9.17) is 4.74 Å². The van der Waals surface area contributed by atoms with Crippen molar-refractivity contribution in [1.82, 2.24) is 10.2 Å². The zero-order valence-corrected chi connectivity index (χ0v) is 17.3. The van der Waals surface area contributed by atoms with Crippen molar-refractivity contribution in [2.24, 2.45) is 23.2 Å². The second-order valence-corrected chi connectivity index (χ2v) is 11.4. The number of halogens is 1. The fourth-order valence-corrected chi connectivity index (χ4v) is 7.85. The average Bonchev–Trinajstić information content (AvgIpc) is 2.50. The van der Waals surface area contributed by atoms with E-state index >= 15 is 0 Å². The minimum absolute atomic E-state index is 0.111. The summed E-state index contributed by atoms with van der Waals surface area (Å²) in [5, 5.41) is 3.29. The smallest absolute Gasteiger partial charge is 0.226 e. The van der Waals surface area contributed by atoms with E-state index in [1.807, 2.05) is 0 Å². The lowest BCUT2D eigenvalue weighted by molar-refractivity contribution is -0.145. The molecule has 3 atom stereocenters. The van der Waals surface area contributed by atoms with Crippen LogP contribution >= 0.6 is 15.9 Å². The van der Waals surface area contributed by atoms with Crippen LogP contribution in [0.25, 0.3) is 0 Å². The van der Waals surface area contributed by atoms with E-state index in [-0.39, 0.29) is 15.8 Å². The molecule has 5 rings (SSSR count). The van der Waals surface area contributed by atoms with Crippen LogP contribution in [0.1, 0.15) is 52.4 Å². The number of alkyl halides is 1. The molecule has 1 N–H and O–H groups in total. The molecule has 5 heteroatoms. The molecule has 0 spiro atoms. The van der Waals surface area contributed by atoms with Crippen LogP contribution in [0, 0.1) is 23.2 Å². The number of morpholine rings is 1. The number of rotatable bonds is 5. The Morgan fingerprint density at radius 3 is 2.64 bits per heavy atom. The first-order chi connectivity index (χ1) is 11.9. The van der Waals surface area contributed by atoms with Crippen molar-refractivity contribution in [3.05, 3.63) is 0 Å². The van der Waals surface area contributed by atoms with Crippen LogP contribution in [0.15, 0.2) is 0 Å². The van der Waals surface area contributed by atoms with Crippen LogP contribution in [0.4, 0.5) is 0 Å². The Hall–Kier alpha value is -0.130. The fraction of sp³-hybridized carbons (Fsp3) is 0.950. The molecule has 1 aliphatic heterocycles. The summed E-state index contributed by atoms with van der Waals surface area (Å²) in [5.74, 6) is 2.48. The van der Waals surface area contributed by atoms with Gasteiger partial charge in [0.15, 0.2) is 0 Å². The van der Waals surface area contributed by atoms with Gasteiger partial charge in [-0.25, -0.2) is 0 Å². The molecular formula is C20H33BrN2O2. The van der Waals surface area contributed by atoms with Crippen molar-refractivity contribution in [1.29, 1.82) is 0 Å². The number of hydrogen-bond acceptors (Lipinski definition) is 3. The van der Waals surface area contributed by atoms with Crippen molar-refractivity contribution >= 4 is 21.8 Å². The molecule has 5 fully saturated rings. The molecule has 4 bridgehead atoms. The third kappa shape index (κ3) is 3.79. The number of hydrogen-bond donors (Lipinski definition) is 1. The van der Waals surface area contributed by atoms with Gasteiger partial charge in [-0.05, 0) is 56.3 Å². The summed E-state index contributed by atoms with van der Waals surface area (Å²) in [6.07, 6.45) is 7.27. The first kappa shape index (κ1) is 18.2. The van der Waals surface area contributed by atoms with E-state index in [1.54, 1.807) is 0 Å². The third-order valence-corrected chi connectivity index (χ3v) is 7.74. The van der Waals surface area contributed by atoms with Crippen molar-refractivity contribution in [2.45, 2.75) is 62.8 Å². The maximum atomic E-state index is 13.1. The highest BCUT2D eigenvalue weighted by Gasteiger charge is 2.59. The molecular weight excluding hydrogens is 380 g/mol. The normalized spacial score (nSPS) is 43.6. The van der Waals surface area contributed by atoms with E-state index in [0.717, 1.165) is 57.3 Å². The first-order valence-corrected chi connectivity index (χ1v) is 11.0. The van der Waals surface area contributed by atoms with E-state index in [1.165, 1.54) is 19.3 Å². The highest BCUT2D eigenvalue weighted by Crippen LogP contribution is 2.64. The second-order valence-electron chi connectivity index (χ2n) is 9.75. The van der Waals surface area contributed by atoms with Crippen molar-refractivity contribution in [2.75, 3.05) is 32.8 Å². The zero-order valence-electron chi connectivity index (χ0n) is 15.7. The van der Waals surface area contributed by atoms with Gasteiger partial charge < -0.3 is 10.1 Å². The summed E-state index contributed by atoms with van der Waals surface area (Å²) < 4.78 is 6.15. The molecule has 0 radical (unpaired) electrons. The molecule has 0 aromatic rings. The monoisotopic (exact) mass is 412 g/mol. The molecule has 1 saturated heterocycles. The van der Waals surface area contributed by atoms with E-state index in [0.29, 0.717) is 18.4 Å². The Balaban J connectivity index is 1.33. The Kier molecular flexibility index (Phi) is 4.96. The van der Waals surface area contributed by atoms with Gasteiger partial charge in [0.2, 0.25) is 5.91 Å². The Morgan fingerprint density at radius 2 is 2.00 bits per heavy atom. The lowest BCUT2D eigenvalue weighted by atomic mass is 9.49. The zero-order chi connectivity index (χ0) is 17.7. The summed E-state index contributed by atoms with van der Waals surface area (Å²) in [6.45, 7) is 9.05. The lowest BCUT2D eigenvalue weighted by Gasteiger charge is -2.59. The molecule has 1 heterocycles. The van der Waals surface area contributed by atoms with E-state index < -0.39 is 0 Å².